The maximum atomic E-state index is 12.5. The van der Waals surface area contributed by atoms with Crippen LogP contribution in [0.5, 0.6) is 0 Å². The van der Waals surface area contributed by atoms with Crippen LogP contribution in [0.25, 0.3) is 0 Å². The van der Waals surface area contributed by atoms with Gasteiger partial charge in [-0.05, 0) is 42.7 Å². The van der Waals surface area contributed by atoms with Crippen molar-refractivity contribution in [1.82, 2.24) is 0 Å². The highest BCUT2D eigenvalue weighted by Gasteiger charge is 2.44. The first-order chi connectivity index (χ1) is 12.2. The van der Waals surface area contributed by atoms with Gasteiger partial charge in [-0.15, -0.1) is 0 Å². The van der Waals surface area contributed by atoms with Gasteiger partial charge in [0.05, 0.1) is 5.57 Å². The lowest BCUT2D eigenvalue weighted by molar-refractivity contribution is -0.140. The zero-order chi connectivity index (χ0) is 17.2. The Bertz CT molecular complexity index is 775. The van der Waals surface area contributed by atoms with Crippen LogP contribution >= 0.6 is 0 Å². The van der Waals surface area contributed by atoms with Crippen molar-refractivity contribution in [1.29, 1.82) is 0 Å². The van der Waals surface area contributed by atoms with Crippen molar-refractivity contribution in [3.8, 4) is 0 Å². The number of hydrogen-bond acceptors (Lipinski definition) is 3. The van der Waals surface area contributed by atoms with Gasteiger partial charge in [0.15, 0.2) is 6.10 Å². The molecule has 128 valence electrons. The van der Waals surface area contributed by atoms with Crippen LogP contribution in [0.4, 0.5) is 0 Å². The normalized spacial score (nSPS) is 21.3. The maximum absolute atomic E-state index is 12.5. The first-order valence-corrected chi connectivity index (χ1v) is 8.97. The van der Waals surface area contributed by atoms with E-state index in [0.29, 0.717) is 17.9 Å². The quantitative estimate of drug-likeness (QED) is 0.788. The maximum Gasteiger partial charge on any atom is 0.338 e. The summed E-state index contributed by atoms with van der Waals surface area (Å²) in [5.74, 6) is 0.174. The molecule has 0 radical (unpaired) electrons. The van der Waals surface area contributed by atoms with Gasteiger partial charge in [-0.3, -0.25) is 0 Å². The Morgan fingerprint density at radius 2 is 1.64 bits per heavy atom. The van der Waals surface area contributed by atoms with Crippen LogP contribution in [-0.4, -0.2) is 17.2 Å². The summed E-state index contributed by atoms with van der Waals surface area (Å²) in [7, 11) is 0. The van der Waals surface area contributed by atoms with E-state index in [-0.39, 0.29) is 17.6 Å². The summed E-state index contributed by atoms with van der Waals surface area (Å²) < 4.78 is 5.53. The van der Waals surface area contributed by atoms with Gasteiger partial charge < -0.3 is 9.84 Å². The van der Waals surface area contributed by atoms with Crippen molar-refractivity contribution in [3.05, 3.63) is 83.1 Å². The van der Waals surface area contributed by atoms with Crippen molar-refractivity contribution >= 4 is 5.97 Å². The number of aliphatic hydroxyl groups excluding tert-OH is 1. The summed E-state index contributed by atoms with van der Waals surface area (Å²) in [5.41, 5.74) is 2.75. The Balaban J connectivity index is 1.57. The van der Waals surface area contributed by atoms with Gasteiger partial charge in [-0.1, -0.05) is 60.7 Å². The third-order valence-corrected chi connectivity index (χ3v) is 5.15. The molecule has 0 amide bonds. The summed E-state index contributed by atoms with van der Waals surface area (Å²) in [6.07, 6.45) is 3.05. The van der Waals surface area contributed by atoms with Crippen molar-refractivity contribution < 1.29 is 14.6 Å². The van der Waals surface area contributed by atoms with Gasteiger partial charge in [-0.2, -0.15) is 0 Å². The van der Waals surface area contributed by atoms with E-state index in [1.54, 1.807) is 0 Å². The third kappa shape index (κ3) is 3.32. The molecule has 3 heteroatoms. The fraction of sp³-hybridized carbons (Fsp3) is 0.318. The number of cyclic esters (lactones) is 1. The number of rotatable bonds is 6. The average molecular weight is 334 g/mol. The minimum absolute atomic E-state index is 0.0459. The van der Waals surface area contributed by atoms with E-state index in [1.165, 1.54) is 5.56 Å². The van der Waals surface area contributed by atoms with Crippen LogP contribution in [0.1, 0.15) is 36.3 Å². The number of benzene rings is 2. The summed E-state index contributed by atoms with van der Waals surface area (Å²) in [5, 5.41) is 10.7. The second-order valence-corrected chi connectivity index (χ2v) is 6.94. The molecule has 2 aromatic rings. The molecule has 2 aliphatic rings. The second-order valence-electron chi connectivity index (χ2n) is 6.94. The number of aryl methyl sites for hydroxylation is 1. The molecule has 0 bridgehead atoms. The molecule has 3 nitrogen and oxygen atoms in total. The lowest BCUT2D eigenvalue weighted by Gasteiger charge is -2.16. The molecule has 0 saturated heterocycles. The molecule has 1 N–H and O–H groups in total. The van der Waals surface area contributed by atoms with E-state index in [0.717, 1.165) is 24.8 Å². The fourth-order valence-corrected chi connectivity index (χ4v) is 3.72. The monoisotopic (exact) mass is 334 g/mol. The zero-order valence-corrected chi connectivity index (χ0v) is 14.1. The highest BCUT2D eigenvalue weighted by atomic mass is 16.6. The first-order valence-electron chi connectivity index (χ1n) is 8.97. The van der Waals surface area contributed by atoms with Gasteiger partial charge in [0.1, 0.15) is 5.76 Å². The number of aliphatic hydroxyl groups is 1. The summed E-state index contributed by atoms with van der Waals surface area (Å²) in [4.78, 5) is 12.5. The molecule has 1 aliphatic heterocycles. The molecule has 1 saturated carbocycles. The molecular weight excluding hydrogens is 312 g/mol. The number of carbonyl (C=O) groups excluding carboxylic acids is 1. The SMILES string of the molecule is O=C1OC(CCc2ccccc2)C(O)=C1C(c1ccccc1)C1CC1. The Labute approximate surface area is 148 Å². The fourth-order valence-electron chi connectivity index (χ4n) is 3.72. The van der Waals surface area contributed by atoms with Crippen LogP contribution in [-0.2, 0) is 16.0 Å². The standard InChI is InChI=1S/C22H22O3/c23-21-18(14-11-15-7-3-1-4-8-15)25-22(24)20(21)19(17-12-13-17)16-9-5-2-6-10-16/h1-10,17-19,23H,11-14H2. The van der Waals surface area contributed by atoms with Gasteiger partial charge in [0.2, 0.25) is 0 Å². The van der Waals surface area contributed by atoms with E-state index in [9.17, 15) is 9.90 Å². The van der Waals surface area contributed by atoms with Crippen LogP contribution in [0.15, 0.2) is 72.0 Å². The van der Waals surface area contributed by atoms with Crippen molar-refractivity contribution in [3.63, 3.8) is 0 Å². The van der Waals surface area contributed by atoms with Crippen LogP contribution in [0.3, 0.4) is 0 Å². The Morgan fingerprint density at radius 3 is 2.28 bits per heavy atom. The molecule has 4 rings (SSSR count). The van der Waals surface area contributed by atoms with E-state index >= 15 is 0 Å². The van der Waals surface area contributed by atoms with E-state index in [4.69, 9.17) is 4.74 Å². The number of ether oxygens (including phenoxy) is 1. The third-order valence-electron chi connectivity index (χ3n) is 5.15. The minimum Gasteiger partial charge on any atom is -0.508 e. The highest BCUT2D eigenvalue weighted by molar-refractivity contribution is 5.93. The summed E-state index contributed by atoms with van der Waals surface area (Å²) >= 11 is 0. The van der Waals surface area contributed by atoms with Crippen molar-refractivity contribution in [2.24, 2.45) is 5.92 Å². The van der Waals surface area contributed by atoms with Crippen LogP contribution in [0, 0.1) is 5.92 Å². The molecule has 0 spiro atoms. The van der Waals surface area contributed by atoms with Gasteiger partial charge in [0, 0.05) is 5.92 Å². The Hall–Kier alpha value is -2.55. The van der Waals surface area contributed by atoms with Crippen LogP contribution < -0.4 is 0 Å². The number of hydrogen-bond donors (Lipinski definition) is 1. The summed E-state index contributed by atoms with van der Waals surface area (Å²) in [6, 6.07) is 20.1. The Morgan fingerprint density at radius 1 is 1.00 bits per heavy atom. The number of carbonyl (C=O) groups is 1. The molecule has 2 aromatic carbocycles. The molecule has 1 aliphatic carbocycles. The molecular formula is C22H22O3. The lowest BCUT2D eigenvalue weighted by Crippen LogP contribution is -2.13. The minimum atomic E-state index is -0.521. The van der Waals surface area contributed by atoms with Crippen LogP contribution in [0.2, 0.25) is 0 Å². The molecule has 2 atom stereocenters. The van der Waals surface area contributed by atoms with E-state index in [2.05, 4.69) is 12.1 Å². The van der Waals surface area contributed by atoms with E-state index in [1.807, 2.05) is 48.5 Å². The smallest absolute Gasteiger partial charge is 0.338 e. The zero-order valence-electron chi connectivity index (χ0n) is 14.1. The van der Waals surface area contributed by atoms with Crippen molar-refractivity contribution in [2.75, 3.05) is 0 Å². The topological polar surface area (TPSA) is 46.5 Å². The lowest BCUT2D eigenvalue weighted by atomic mass is 9.86. The molecule has 1 heterocycles. The van der Waals surface area contributed by atoms with E-state index < -0.39 is 6.10 Å². The van der Waals surface area contributed by atoms with Crippen molar-refractivity contribution in [2.45, 2.75) is 37.7 Å². The first kappa shape index (κ1) is 15.9. The van der Waals surface area contributed by atoms with Gasteiger partial charge >= 0.3 is 5.97 Å². The molecule has 25 heavy (non-hydrogen) atoms. The largest absolute Gasteiger partial charge is 0.508 e. The van der Waals surface area contributed by atoms with Gasteiger partial charge in [0.25, 0.3) is 0 Å². The summed E-state index contributed by atoms with van der Waals surface area (Å²) in [6.45, 7) is 0. The predicted molar refractivity (Wildman–Crippen MR) is 96.2 cm³/mol. The van der Waals surface area contributed by atoms with Gasteiger partial charge in [-0.25, -0.2) is 4.79 Å². The Kier molecular flexibility index (Phi) is 4.31. The molecule has 0 aromatic heterocycles. The average Bonchev–Trinajstić information content (AvgIpc) is 3.44. The molecule has 1 fully saturated rings. The number of esters is 1. The second kappa shape index (κ2) is 6.75. The molecule has 2 unspecified atom stereocenters. The predicted octanol–water partition coefficient (Wildman–Crippen LogP) is 4.55. The highest BCUT2D eigenvalue weighted by Crippen LogP contribution is 2.49.